The molecule has 1 heterocycles. The van der Waals surface area contributed by atoms with Gasteiger partial charge in [-0.2, -0.15) is 0 Å². The van der Waals surface area contributed by atoms with Gasteiger partial charge in [0.2, 0.25) is 5.43 Å². The first kappa shape index (κ1) is 17.8. The number of ether oxygens (including phenoxy) is 3. The third-order valence-corrected chi connectivity index (χ3v) is 3.58. The quantitative estimate of drug-likeness (QED) is 0.729. The van der Waals surface area contributed by atoms with Gasteiger partial charge in [-0.05, 0) is 33.8 Å². The van der Waals surface area contributed by atoms with Crippen molar-refractivity contribution in [2.75, 3.05) is 19.8 Å². The molecule has 0 aliphatic carbocycles. The second-order valence-corrected chi connectivity index (χ2v) is 5.06. The zero-order valence-corrected chi connectivity index (χ0v) is 14.5. The number of fused-ring (bicyclic) bond motifs is 1. The highest BCUT2D eigenvalue weighted by atomic mass is 16.5. The zero-order valence-electron chi connectivity index (χ0n) is 14.5. The van der Waals surface area contributed by atoms with Crippen LogP contribution in [0.25, 0.3) is 10.9 Å². The van der Waals surface area contributed by atoms with Gasteiger partial charge < -0.3 is 18.8 Å². The summed E-state index contributed by atoms with van der Waals surface area (Å²) in [6, 6.07) is 3.42. The highest BCUT2D eigenvalue weighted by Gasteiger charge is 2.18. The number of carbonyl (C=O) groups excluding carboxylic acids is 1. The largest absolute Gasteiger partial charge is 0.490 e. The second-order valence-electron chi connectivity index (χ2n) is 5.06. The molecule has 0 atom stereocenters. The van der Waals surface area contributed by atoms with Crippen LogP contribution >= 0.6 is 0 Å². The maximum absolute atomic E-state index is 12.7. The van der Waals surface area contributed by atoms with Gasteiger partial charge >= 0.3 is 5.97 Å². The molecule has 0 saturated heterocycles. The number of esters is 1. The van der Waals surface area contributed by atoms with E-state index in [0.29, 0.717) is 42.2 Å². The molecule has 6 heteroatoms. The fourth-order valence-electron chi connectivity index (χ4n) is 2.55. The Labute approximate surface area is 140 Å². The van der Waals surface area contributed by atoms with Crippen molar-refractivity contribution in [3.8, 4) is 11.5 Å². The molecule has 0 spiro atoms. The number of hydrogen-bond acceptors (Lipinski definition) is 5. The maximum atomic E-state index is 12.7. The lowest BCUT2D eigenvalue weighted by Crippen LogP contribution is -2.21. The Kier molecular flexibility index (Phi) is 5.84. The zero-order chi connectivity index (χ0) is 17.7. The Morgan fingerprint density at radius 1 is 1.00 bits per heavy atom. The topological polar surface area (TPSA) is 66.8 Å². The van der Waals surface area contributed by atoms with Gasteiger partial charge in [0.05, 0.1) is 30.7 Å². The van der Waals surface area contributed by atoms with Gasteiger partial charge in [-0.1, -0.05) is 0 Å². The Hall–Kier alpha value is -2.50. The van der Waals surface area contributed by atoms with E-state index in [-0.39, 0.29) is 17.6 Å². The maximum Gasteiger partial charge on any atom is 0.343 e. The molecule has 1 aromatic carbocycles. The van der Waals surface area contributed by atoms with Crippen LogP contribution in [0.1, 0.15) is 38.1 Å². The molecule has 0 aliphatic rings. The Morgan fingerprint density at radius 2 is 1.62 bits per heavy atom. The number of pyridine rings is 1. The van der Waals surface area contributed by atoms with Gasteiger partial charge in [0.15, 0.2) is 11.5 Å². The molecule has 0 fully saturated rings. The van der Waals surface area contributed by atoms with E-state index < -0.39 is 5.97 Å². The smallest absolute Gasteiger partial charge is 0.343 e. The van der Waals surface area contributed by atoms with E-state index >= 15 is 0 Å². The van der Waals surface area contributed by atoms with Crippen LogP contribution in [-0.2, 0) is 11.3 Å². The predicted octanol–water partition coefficient (Wildman–Crippen LogP) is 3.00. The van der Waals surface area contributed by atoms with Crippen molar-refractivity contribution in [2.45, 2.75) is 34.2 Å². The second kappa shape index (κ2) is 7.86. The summed E-state index contributed by atoms with van der Waals surface area (Å²) in [7, 11) is 0. The van der Waals surface area contributed by atoms with Crippen molar-refractivity contribution in [1.29, 1.82) is 0 Å². The summed E-state index contributed by atoms with van der Waals surface area (Å²) in [4.78, 5) is 24.8. The molecule has 24 heavy (non-hydrogen) atoms. The molecule has 2 aromatic rings. The van der Waals surface area contributed by atoms with Gasteiger partial charge in [0, 0.05) is 18.8 Å². The van der Waals surface area contributed by atoms with Crippen LogP contribution in [0.3, 0.4) is 0 Å². The first-order chi connectivity index (χ1) is 11.6. The minimum absolute atomic E-state index is 0.0257. The first-order valence-electron chi connectivity index (χ1n) is 8.21. The van der Waals surface area contributed by atoms with Crippen molar-refractivity contribution in [3.63, 3.8) is 0 Å². The van der Waals surface area contributed by atoms with E-state index in [4.69, 9.17) is 14.2 Å². The highest BCUT2D eigenvalue weighted by molar-refractivity contribution is 5.94. The fourth-order valence-corrected chi connectivity index (χ4v) is 2.55. The van der Waals surface area contributed by atoms with Gasteiger partial charge in [-0.25, -0.2) is 4.79 Å². The van der Waals surface area contributed by atoms with Gasteiger partial charge in [0.25, 0.3) is 0 Å². The molecular weight excluding hydrogens is 310 g/mol. The molecular formula is C18H23NO5. The number of aryl methyl sites for hydroxylation is 1. The standard InChI is InChI=1S/C18H23NO5/c1-5-19-11-13(18(21)24-8-4)17(20)12-9-15(22-6-2)16(23-7-3)10-14(12)19/h9-11H,5-8H2,1-4H3. The molecule has 6 nitrogen and oxygen atoms in total. The van der Waals surface area contributed by atoms with Crippen LogP contribution in [0, 0.1) is 0 Å². The molecule has 0 bridgehead atoms. The predicted molar refractivity (Wildman–Crippen MR) is 92.2 cm³/mol. The average Bonchev–Trinajstić information content (AvgIpc) is 2.57. The molecule has 2 rings (SSSR count). The van der Waals surface area contributed by atoms with Gasteiger partial charge in [-0.3, -0.25) is 4.79 Å². The molecule has 0 N–H and O–H groups in total. The normalized spacial score (nSPS) is 10.7. The van der Waals surface area contributed by atoms with Gasteiger partial charge in [0.1, 0.15) is 5.56 Å². The summed E-state index contributed by atoms with van der Waals surface area (Å²) in [5.74, 6) is 0.461. The minimum Gasteiger partial charge on any atom is -0.490 e. The van der Waals surface area contributed by atoms with E-state index in [1.165, 1.54) is 0 Å². The number of carbonyl (C=O) groups is 1. The van der Waals surface area contributed by atoms with Crippen LogP contribution < -0.4 is 14.9 Å². The summed E-state index contributed by atoms with van der Waals surface area (Å²) in [5.41, 5.74) is 0.359. The molecule has 0 unspecified atom stereocenters. The third kappa shape index (κ3) is 3.37. The molecule has 0 aliphatic heterocycles. The summed E-state index contributed by atoms with van der Waals surface area (Å²) in [5, 5.41) is 0.411. The Morgan fingerprint density at radius 3 is 2.17 bits per heavy atom. The van der Waals surface area contributed by atoms with E-state index in [1.54, 1.807) is 25.3 Å². The minimum atomic E-state index is -0.613. The van der Waals surface area contributed by atoms with Crippen molar-refractivity contribution in [2.24, 2.45) is 0 Å². The average molecular weight is 333 g/mol. The number of nitrogens with zero attached hydrogens (tertiary/aromatic N) is 1. The number of aromatic nitrogens is 1. The van der Waals surface area contributed by atoms with E-state index in [9.17, 15) is 9.59 Å². The first-order valence-corrected chi connectivity index (χ1v) is 8.21. The summed E-state index contributed by atoms with van der Waals surface area (Å²) < 4.78 is 18.0. The summed E-state index contributed by atoms with van der Waals surface area (Å²) >= 11 is 0. The van der Waals surface area contributed by atoms with Crippen molar-refractivity contribution in [1.82, 2.24) is 4.57 Å². The Balaban J connectivity index is 2.76. The lowest BCUT2D eigenvalue weighted by molar-refractivity contribution is 0.0524. The number of rotatable bonds is 7. The molecule has 0 saturated carbocycles. The lowest BCUT2D eigenvalue weighted by atomic mass is 10.1. The number of benzene rings is 1. The summed E-state index contributed by atoms with van der Waals surface area (Å²) in [6.45, 7) is 9.15. The monoisotopic (exact) mass is 333 g/mol. The van der Waals surface area contributed by atoms with Gasteiger partial charge in [-0.15, -0.1) is 0 Å². The SMILES string of the molecule is CCOC(=O)c1cn(CC)c2cc(OCC)c(OCC)cc2c1=O. The third-order valence-electron chi connectivity index (χ3n) is 3.58. The summed E-state index contributed by atoms with van der Waals surface area (Å²) in [6.07, 6.45) is 1.54. The van der Waals surface area contributed by atoms with Crippen molar-refractivity contribution >= 4 is 16.9 Å². The lowest BCUT2D eigenvalue weighted by Gasteiger charge is -2.16. The highest BCUT2D eigenvalue weighted by Crippen LogP contribution is 2.32. The van der Waals surface area contributed by atoms with Crippen LogP contribution in [0.2, 0.25) is 0 Å². The van der Waals surface area contributed by atoms with Crippen LogP contribution in [0.4, 0.5) is 0 Å². The van der Waals surface area contributed by atoms with Crippen LogP contribution in [0.15, 0.2) is 23.1 Å². The number of hydrogen-bond donors (Lipinski definition) is 0. The molecule has 0 amide bonds. The van der Waals surface area contributed by atoms with E-state index in [2.05, 4.69) is 0 Å². The van der Waals surface area contributed by atoms with E-state index in [1.807, 2.05) is 25.3 Å². The van der Waals surface area contributed by atoms with Crippen molar-refractivity contribution < 1.29 is 19.0 Å². The Bertz CT molecular complexity index is 794. The van der Waals surface area contributed by atoms with Crippen molar-refractivity contribution in [3.05, 3.63) is 34.1 Å². The molecule has 0 radical (unpaired) electrons. The molecule has 130 valence electrons. The molecule has 1 aromatic heterocycles. The van der Waals surface area contributed by atoms with Crippen LogP contribution in [-0.4, -0.2) is 30.4 Å². The fraction of sp³-hybridized carbons (Fsp3) is 0.444. The van der Waals surface area contributed by atoms with E-state index in [0.717, 1.165) is 0 Å². The van der Waals surface area contributed by atoms with Crippen LogP contribution in [0.5, 0.6) is 11.5 Å².